The van der Waals surface area contributed by atoms with E-state index in [1.54, 1.807) is 14.1 Å². The number of likely N-dealkylation sites (N-methyl/N-ethyl adjacent to an activating group) is 1. The van der Waals surface area contributed by atoms with Gasteiger partial charge in [0.05, 0.1) is 6.04 Å². The first-order valence-corrected chi connectivity index (χ1v) is 6.29. The molecule has 0 radical (unpaired) electrons. The van der Waals surface area contributed by atoms with Crippen molar-refractivity contribution < 1.29 is 9.59 Å². The van der Waals surface area contributed by atoms with Crippen molar-refractivity contribution in [2.45, 2.75) is 18.9 Å². The van der Waals surface area contributed by atoms with Crippen molar-refractivity contribution in [3.05, 3.63) is 35.9 Å². The summed E-state index contributed by atoms with van der Waals surface area (Å²) in [6.07, 6.45) is 0.792. The third-order valence-corrected chi connectivity index (χ3v) is 2.94. The van der Waals surface area contributed by atoms with E-state index in [9.17, 15) is 9.59 Å². The molecule has 5 heteroatoms. The summed E-state index contributed by atoms with van der Waals surface area (Å²) in [4.78, 5) is 24.6. The first-order valence-electron chi connectivity index (χ1n) is 6.29. The molecule has 1 rings (SSSR count). The van der Waals surface area contributed by atoms with E-state index >= 15 is 0 Å². The van der Waals surface area contributed by atoms with Crippen LogP contribution in [0.4, 0.5) is 0 Å². The Morgan fingerprint density at radius 1 is 1.32 bits per heavy atom. The Bertz CT molecular complexity index is 420. The number of hydrogen-bond donors (Lipinski definition) is 2. The van der Waals surface area contributed by atoms with Crippen LogP contribution in [-0.2, 0) is 16.0 Å². The van der Waals surface area contributed by atoms with Gasteiger partial charge in [-0.2, -0.15) is 0 Å². The molecule has 0 unspecified atom stereocenters. The van der Waals surface area contributed by atoms with E-state index in [0.29, 0.717) is 13.0 Å². The highest BCUT2D eigenvalue weighted by Gasteiger charge is 2.18. The van der Waals surface area contributed by atoms with Gasteiger partial charge in [0.15, 0.2) is 0 Å². The maximum absolute atomic E-state index is 12.0. The largest absolute Gasteiger partial charge is 0.359 e. The van der Waals surface area contributed by atoms with Gasteiger partial charge in [-0.05, 0) is 12.0 Å². The topological polar surface area (TPSA) is 75.4 Å². The van der Waals surface area contributed by atoms with E-state index < -0.39 is 6.04 Å². The molecule has 3 N–H and O–H groups in total. The minimum absolute atomic E-state index is 0.0868. The fourth-order valence-electron chi connectivity index (χ4n) is 1.74. The third kappa shape index (κ3) is 5.09. The lowest BCUT2D eigenvalue weighted by atomic mass is 10.1. The molecular formula is C14H21N3O2. The predicted molar refractivity (Wildman–Crippen MR) is 74.4 cm³/mol. The van der Waals surface area contributed by atoms with Crippen molar-refractivity contribution >= 4 is 11.8 Å². The maximum Gasteiger partial charge on any atom is 0.239 e. The van der Waals surface area contributed by atoms with Gasteiger partial charge in [-0.25, -0.2) is 0 Å². The standard InChI is InChI=1S/C14H21N3O2/c1-16-13(18)8-9-17(2)14(19)12(15)10-11-6-4-3-5-7-11/h3-7,12H,8-10,15H2,1-2H3,(H,16,18)/t12-/m1/s1. The van der Waals surface area contributed by atoms with Crippen LogP contribution in [-0.4, -0.2) is 43.4 Å². The van der Waals surface area contributed by atoms with E-state index in [2.05, 4.69) is 5.32 Å². The average Bonchev–Trinajstić information content (AvgIpc) is 2.44. The number of rotatable bonds is 6. The van der Waals surface area contributed by atoms with Gasteiger partial charge in [0.1, 0.15) is 0 Å². The van der Waals surface area contributed by atoms with E-state index in [4.69, 9.17) is 5.73 Å². The summed E-state index contributed by atoms with van der Waals surface area (Å²) in [5, 5.41) is 2.52. The smallest absolute Gasteiger partial charge is 0.239 e. The second-order valence-electron chi connectivity index (χ2n) is 4.48. The second-order valence-corrected chi connectivity index (χ2v) is 4.48. The normalized spacial score (nSPS) is 11.7. The monoisotopic (exact) mass is 263 g/mol. The third-order valence-electron chi connectivity index (χ3n) is 2.94. The Labute approximate surface area is 113 Å². The van der Waals surface area contributed by atoms with E-state index in [1.165, 1.54) is 4.90 Å². The Kier molecular flexibility index (Phi) is 6.02. The van der Waals surface area contributed by atoms with Crippen LogP contribution in [0.15, 0.2) is 30.3 Å². The molecule has 1 atom stereocenters. The highest BCUT2D eigenvalue weighted by Crippen LogP contribution is 2.04. The van der Waals surface area contributed by atoms with Gasteiger partial charge in [-0.3, -0.25) is 9.59 Å². The predicted octanol–water partition coefficient (Wildman–Crippen LogP) is 0.151. The van der Waals surface area contributed by atoms with Crippen LogP contribution in [0.5, 0.6) is 0 Å². The lowest BCUT2D eigenvalue weighted by Crippen LogP contribution is -2.44. The molecule has 0 spiro atoms. The first kappa shape index (κ1) is 15.2. The Morgan fingerprint density at radius 3 is 2.53 bits per heavy atom. The number of carbonyl (C=O) groups is 2. The van der Waals surface area contributed by atoms with E-state index in [-0.39, 0.29) is 18.2 Å². The second kappa shape index (κ2) is 7.53. The Hall–Kier alpha value is -1.88. The fraction of sp³-hybridized carbons (Fsp3) is 0.429. The zero-order valence-corrected chi connectivity index (χ0v) is 11.4. The van der Waals surface area contributed by atoms with Gasteiger partial charge in [0.25, 0.3) is 0 Å². The molecule has 0 aliphatic rings. The molecule has 0 fully saturated rings. The molecule has 0 bridgehead atoms. The fourth-order valence-corrected chi connectivity index (χ4v) is 1.74. The van der Waals surface area contributed by atoms with Crippen LogP contribution in [0.1, 0.15) is 12.0 Å². The average molecular weight is 263 g/mol. The van der Waals surface area contributed by atoms with Crippen molar-refractivity contribution in [3.63, 3.8) is 0 Å². The summed E-state index contributed by atoms with van der Waals surface area (Å²) < 4.78 is 0. The zero-order valence-electron chi connectivity index (χ0n) is 11.4. The van der Waals surface area contributed by atoms with Crippen molar-refractivity contribution in [1.29, 1.82) is 0 Å². The summed E-state index contributed by atoms with van der Waals surface area (Å²) in [6, 6.07) is 9.07. The van der Waals surface area contributed by atoms with Crippen molar-refractivity contribution in [2.75, 3.05) is 20.6 Å². The minimum Gasteiger partial charge on any atom is -0.359 e. The molecule has 2 amide bonds. The summed E-state index contributed by atoms with van der Waals surface area (Å²) >= 11 is 0. The number of benzene rings is 1. The van der Waals surface area contributed by atoms with Crippen LogP contribution in [0.3, 0.4) is 0 Å². The van der Waals surface area contributed by atoms with Gasteiger partial charge in [-0.1, -0.05) is 30.3 Å². The van der Waals surface area contributed by atoms with Gasteiger partial charge in [0, 0.05) is 27.1 Å². The highest BCUT2D eigenvalue weighted by molar-refractivity contribution is 5.82. The molecule has 19 heavy (non-hydrogen) atoms. The molecule has 0 aliphatic heterocycles. The van der Waals surface area contributed by atoms with Gasteiger partial charge in [-0.15, -0.1) is 0 Å². The quantitative estimate of drug-likeness (QED) is 0.767. The van der Waals surface area contributed by atoms with Crippen molar-refractivity contribution in [3.8, 4) is 0 Å². The molecule has 1 aromatic rings. The van der Waals surface area contributed by atoms with Crippen molar-refractivity contribution in [2.24, 2.45) is 5.73 Å². The Balaban J connectivity index is 2.45. The SMILES string of the molecule is CNC(=O)CCN(C)C(=O)[C@H](N)Cc1ccccc1. The van der Waals surface area contributed by atoms with Gasteiger partial charge >= 0.3 is 0 Å². The lowest BCUT2D eigenvalue weighted by molar-refractivity contribution is -0.131. The molecule has 0 aromatic heterocycles. The molecule has 0 saturated carbocycles. The van der Waals surface area contributed by atoms with E-state index in [1.807, 2.05) is 30.3 Å². The molecule has 0 aliphatic carbocycles. The first-order chi connectivity index (χ1) is 9.04. The zero-order chi connectivity index (χ0) is 14.3. The number of nitrogens with two attached hydrogens (primary N) is 1. The van der Waals surface area contributed by atoms with Crippen LogP contribution in [0.25, 0.3) is 0 Å². The minimum atomic E-state index is -0.572. The Morgan fingerprint density at radius 2 is 1.95 bits per heavy atom. The van der Waals surface area contributed by atoms with Crippen LogP contribution in [0, 0.1) is 0 Å². The summed E-state index contributed by atoms with van der Waals surface area (Å²) in [5.74, 6) is -0.232. The van der Waals surface area contributed by atoms with Crippen molar-refractivity contribution in [1.82, 2.24) is 10.2 Å². The maximum atomic E-state index is 12.0. The lowest BCUT2D eigenvalue weighted by Gasteiger charge is -2.21. The van der Waals surface area contributed by atoms with Gasteiger partial charge in [0.2, 0.25) is 11.8 Å². The number of hydrogen-bond acceptors (Lipinski definition) is 3. The van der Waals surface area contributed by atoms with E-state index in [0.717, 1.165) is 5.56 Å². The molecule has 1 aromatic carbocycles. The molecule has 104 valence electrons. The van der Waals surface area contributed by atoms with Crippen LogP contribution < -0.4 is 11.1 Å². The molecule has 0 saturated heterocycles. The highest BCUT2D eigenvalue weighted by atomic mass is 16.2. The van der Waals surface area contributed by atoms with Crippen LogP contribution in [0.2, 0.25) is 0 Å². The molecular weight excluding hydrogens is 242 g/mol. The summed E-state index contributed by atoms with van der Waals surface area (Å²) in [5.41, 5.74) is 6.93. The molecule has 0 heterocycles. The molecule has 5 nitrogen and oxygen atoms in total. The number of nitrogens with one attached hydrogen (secondary N) is 1. The summed E-state index contributed by atoms with van der Waals surface area (Å²) in [6.45, 7) is 0.376. The number of amides is 2. The van der Waals surface area contributed by atoms with Gasteiger partial charge < -0.3 is 16.0 Å². The number of nitrogens with zero attached hydrogens (tertiary/aromatic N) is 1. The number of carbonyl (C=O) groups excluding carboxylic acids is 2. The van der Waals surface area contributed by atoms with Crippen LogP contribution >= 0.6 is 0 Å². The summed E-state index contributed by atoms with van der Waals surface area (Å²) in [7, 11) is 3.24.